The molecular weight excluding hydrogens is 259 g/mol. The molecule has 0 bridgehead atoms. The number of carboxylic acid groups (broad SMARTS) is 1. The molecule has 0 saturated heterocycles. The molecule has 72 valence electrons. The molecule has 0 saturated carbocycles. The molecule has 1 heterocycles. The average molecular weight is 268 g/mol. The first-order valence-electron chi connectivity index (χ1n) is 3.21. The number of aliphatic carboxylic acids is 1. The predicted octanol–water partition coefficient (Wildman–Crippen LogP) is 1.35. The molecule has 1 unspecified atom stereocenters. The van der Waals surface area contributed by atoms with Gasteiger partial charge in [0.25, 0.3) is 0 Å². The highest BCUT2D eigenvalue weighted by molar-refractivity contribution is 9.10. The first-order chi connectivity index (χ1) is 5.61. The Bertz CT molecular complexity index is 291. The van der Waals surface area contributed by atoms with Gasteiger partial charge in [0, 0.05) is 10.7 Å². The van der Waals surface area contributed by atoms with Crippen LogP contribution in [0.1, 0.15) is 11.7 Å². The number of halogens is 2. The summed E-state index contributed by atoms with van der Waals surface area (Å²) in [5, 5.41) is 8.53. The predicted molar refractivity (Wildman–Crippen MR) is 53.7 cm³/mol. The summed E-state index contributed by atoms with van der Waals surface area (Å²) in [5.74, 6) is -1.08. The van der Waals surface area contributed by atoms with E-state index in [2.05, 4.69) is 20.9 Å². The Balaban J connectivity index is 0.00000144. The molecule has 0 spiro atoms. The van der Waals surface area contributed by atoms with Crippen LogP contribution >= 0.6 is 28.3 Å². The Hall–Kier alpha value is -0.650. The Labute approximate surface area is 89.7 Å². The van der Waals surface area contributed by atoms with E-state index in [0.29, 0.717) is 5.69 Å². The van der Waals surface area contributed by atoms with E-state index >= 15 is 0 Å². The van der Waals surface area contributed by atoms with E-state index in [-0.39, 0.29) is 12.4 Å². The molecule has 0 aromatic carbocycles. The Morgan fingerprint density at radius 1 is 1.62 bits per heavy atom. The van der Waals surface area contributed by atoms with Crippen molar-refractivity contribution in [3.8, 4) is 0 Å². The molecule has 6 heteroatoms. The van der Waals surface area contributed by atoms with E-state index in [1.165, 1.54) is 6.20 Å². The van der Waals surface area contributed by atoms with E-state index < -0.39 is 12.0 Å². The van der Waals surface area contributed by atoms with Gasteiger partial charge in [-0.05, 0) is 28.1 Å². The normalized spacial score (nSPS) is 11.5. The minimum absolute atomic E-state index is 0. The summed E-state index contributed by atoms with van der Waals surface area (Å²) in [5.41, 5.74) is 5.66. The lowest BCUT2D eigenvalue weighted by Gasteiger charge is -2.04. The standard InChI is InChI=1S/C7H7BrN2O2.ClH/c8-4-1-2-5(10-3-4)6(9)7(11)12;/h1-3,6H,9H2,(H,11,12);1H. The van der Waals surface area contributed by atoms with E-state index in [1.807, 2.05) is 0 Å². The lowest BCUT2D eigenvalue weighted by Crippen LogP contribution is -2.21. The molecule has 1 aromatic rings. The van der Waals surface area contributed by atoms with E-state index in [0.717, 1.165) is 4.47 Å². The molecule has 0 radical (unpaired) electrons. The zero-order valence-electron chi connectivity index (χ0n) is 6.48. The fourth-order valence-electron chi connectivity index (χ4n) is 0.698. The summed E-state index contributed by atoms with van der Waals surface area (Å²) in [6.45, 7) is 0. The molecule has 0 aliphatic carbocycles. The second-order valence-electron chi connectivity index (χ2n) is 2.22. The van der Waals surface area contributed by atoms with Crippen molar-refractivity contribution < 1.29 is 9.90 Å². The number of carboxylic acids is 1. The van der Waals surface area contributed by atoms with Crippen LogP contribution in [0.4, 0.5) is 0 Å². The van der Waals surface area contributed by atoms with Crippen molar-refractivity contribution in [2.24, 2.45) is 5.73 Å². The zero-order chi connectivity index (χ0) is 9.14. The maximum atomic E-state index is 10.4. The largest absolute Gasteiger partial charge is 0.480 e. The first kappa shape index (κ1) is 12.3. The third-order valence-electron chi connectivity index (χ3n) is 1.33. The molecule has 0 aliphatic heterocycles. The molecule has 0 amide bonds. The summed E-state index contributed by atoms with van der Waals surface area (Å²) in [4.78, 5) is 14.3. The zero-order valence-corrected chi connectivity index (χ0v) is 8.88. The number of nitrogens with zero attached hydrogens (tertiary/aromatic N) is 1. The van der Waals surface area contributed by atoms with Crippen molar-refractivity contribution in [2.45, 2.75) is 6.04 Å². The fraction of sp³-hybridized carbons (Fsp3) is 0.143. The number of carbonyl (C=O) groups is 1. The van der Waals surface area contributed by atoms with Crippen LogP contribution in [0, 0.1) is 0 Å². The van der Waals surface area contributed by atoms with Crippen LogP contribution < -0.4 is 5.73 Å². The Morgan fingerprint density at radius 2 is 2.23 bits per heavy atom. The van der Waals surface area contributed by atoms with Crippen molar-refractivity contribution in [3.05, 3.63) is 28.5 Å². The molecule has 0 aliphatic rings. The summed E-state index contributed by atoms with van der Waals surface area (Å²) in [7, 11) is 0. The third-order valence-corrected chi connectivity index (χ3v) is 1.80. The number of pyridine rings is 1. The molecule has 0 fully saturated rings. The van der Waals surface area contributed by atoms with Crippen molar-refractivity contribution >= 4 is 34.3 Å². The highest BCUT2D eigenvalue weighted by Gasteiger charge is 2.14. The highest BCUT2D eigenvalue weighted by Crippen LogP contribution is 2.11. The Morgan fingerprint density at radius 3 is 2.62 bits per heavy atom. The summed E-state index contributed by atoms with van der Waals surface area (Å²) in [6, 6.07) is 2.23. The van der Waals surface area contributed by atoms with Crippen LogP contribution in [0.2, 0.25) is 0 Å². The number of rotatable bonds is 2. The van der Waals surface area contributed by atoms with Gasteiger partial charge in [0.2, 0.25) is 0 Å². The lowest BCUT2D eigenvalue weighted by molar-refractivity contribution is -0.138. The molecule has 1 aromatic heterocycles. The van der Waals surface area contributed by atoms with Gasteiger partial charge in [-0.15, -0.1) is 12.4 Å². The van der Waals surface area contributed by atoms with Gasteiger partial charge in [0.1, 0.15) is 6.04 Å². The molecular formula is C7H8BrClN2O2. The number of hydrogen-bond donors (Lipinski definition) is 2. The molecule has 1 atom stereocenters. The molecule has 4 nitrogen and oxygen atoms in total. The number of nitrogens with two attached hydrogens (primary N) is 1. The van der Waals surface area contributed by atoms with Crippen molar-refractivity contribution in [1.82, 2.24) is 4.98 Å². The molecule has 3 N–H and O–H groups in total. The highest BCUT2D eigenvalue weighted by atomic mass is 79.9. The van der Waals surface area contributed by atoms with Crippen LogP contribution in [0.15, 0.2) is 22.8 Å². The van der Waals surface area contributed by atoms with E-state index in [1.54, 1.807) is 12.1 Å². The SMILES string of the molecule is Cl.NC(C(=O)O)c1ccc(Br)cn1. The van der Waals surface area contributed by atoms with E-state index in [9.17, 15) is 4.79 Å². The minimum Gasteiger partial charge on any atom is -0.480 e. The summed E-state index contributed by atoms with van der Waals surface area (Å²) < 4.78 is 0.795. The molecule has 13 heavy (non-hydrogen) atoms. The minimum atomic E-state index is -1.08. The van der Waals surface area contributed by atoms with Crippen LogP contribution in [0.25, 0.3) is 0 Å². The van der Waals surface area contributed by atoms with Gasteiger partial charge >= 0.3 is 5.97 Å². The monoisotopic (exact) mass is 266 g/mol. The van der Waals surface area contributed by atoms with Crippen LogP contribution in [0.5, 0.6) is 0 Å². The second kappa shape index (κ2) is 5.16. The van der Waals surface area contributed by atoms with Crippen LogP contribution in [-0.2, 0) is 4.79 Å². The van der Waals surface area contributed by atoms with Gasteiger partial charge in [-0.3, -0.25) is 9.78 Å². The maximum absolute atomic E-state index is 10.4. The van der Waals surface area contributed by atoms with Gasteiger partial charge < -0.3 is 10.8 Å². The Kier molecular flexibility index (Phi) is 4.90. The summed E-state index contributed by atoms with van der Waals surface area (Å²) in [6.07, 6.45) is 1.51. The number of hydrogen-bond acceptors (Lipinski definition) is 3. The topological polar surface area (TPSA) is 76.2 Å². The van der Waals surface area contributed by atoms with Crippen molar-refractivity contribution in [3.63, 3.8) is 0 Å². The van der Waals surface area contributed by atoms with Gasteiger partial charge in [-0.2, -0.15) is 0 Å². The van der Waals surface area contributed by atoms with Gasteiger partial charge in [-0.1, -0.05) is 0 Å². The first-order valence-corrected chi connectivity index (χ1v) is 4.00. The fourth-order valence-corrected chi connectivity index (χ4v) is 0.932. The molecule has 1 rings (SSSR count). The van der Waals surface area contributed by atoms with Crippen LogP contribution in [0.3, 0.4) is 0 Å². The maximum Gasteiger partial charge on any atom is 0.326 e. The second-order valence-corrected chi connectivity index (χ2v) is 3.13. The quantitative estimate of drug-likeness (QED) is 0.848. The van der Waals surface area contributed by atoms with Gasteiger partial charge in [0.05, 0.1) is 5.69 Å². The van der Waals surface area contributed by atoms with Gasteiger partial charge in [-0.25, -0.2) is 0 Å². The number of aromatic nitrogens is 1. The average Bonchev–Trinajstić information content (AvgIpc) is 2.04. The van der Waals surface area contributed by atoms with Gasteiger partial charge in [0.15, 0.2) is 0 Å². The lowest BCUT2D eigenvalue weighted by atomic mass is 10.2. The third kappa shape index (κ3) is 3.30. The van der Waals surface area contributed by atoms with E-state index in [4.69, 9.17) is 10.8 Å². The van der Waals surface area contributed by atoms with Crippen molar-refractivity contribution in [1.29, 1.82) is 0 Å². The van der Waals surface area contributed by atoms with Crippen LogP contribution in [-0.4, -0.2) is 16.1 Å². The van der Waals surface area contributed by atoms with Crippen molar-refractivity contribution in [2.75, 3.05) is 0 Å². The smallest absolute Gasteiger partial charge is 0.326 e. The summed E-state index contributed by atoms with van der Waals surface area (Å²) >= 11 is 3.18.